The van der Waals surface area contributed by atoms with Gasteiger partial charge in [-0.15, -0.1) is 11.3 Å². The van der Waals surface area contributed by atoms with Crippen LogP contribution in [0.25, 0.3) is 0 Å². The maximum Gasteiger partial charge on any atom is 0.252 e. The average molecular weight is 367 g/mol. The van der Waals surface area contributed by atoms with Gasteiger partial charge in [0.05, 0.1) is 6.54 Å². The van der Waals surface area contributed by atoms with Gasteiger partial charge >= 0.3 is 0 Å². The van der Waals surface area contributed by atoms with E-state index in [0.29, 0.717) is 29.4 Å². The van der Waals surface area contributed by atoms with Crippen LogP contribution in [0, 0.1) is 6.92 Å². The second-order valence-electron chi connectivity index (χ2n) is 5.36. The number of carbonyl (C=O) groups is 1. The van der Waals surface area contributed by atoms with Crippen molar-refractivity contribution < 1.29 is 13.2 Å². The third-order valence-corrected chi connectivity index (χ3v) is 7.28. The number of sulfonamides is 1. The van der Waals surface area contributed by atoms with Crippen molar-refractivity contribution in [3.63, 3.8) is 0 Å². The zero-order valence-electron chi connectivity index (χ0n) is 14.1. The van der Waals surface area contributed by atoms with Crippen molar-refractivity contribution in [3.8, 4) is 0 Å². The van der Waals surface area contributed by atoms with E-state index < -0.39 is 10.0 Å². The van der Waals surface area contributed by atoms with E-state index in [1.54, 1.807) is 24.3 Å². The molecule has 0 aliphatic carbocycles. The number of nitrogens with zero attached hydrogens (tertiary/aromatic N) is 1. The lowest BCUT2D eigenvalue weighted by Crippen LogP contribution is -2.30. The Balaban J connectivity index is 2.04. The fraction of sp³-hybridized carbons (Fsp3) is 0.353. The first-order chi connectivity index (χ1) is 11.4. The SMILES string of the molecule is CCN(CC)S(=O)(=O)c1ccc(CNC(=O)c2ccc(C)cc2)s1. The van der Waals surface area contributed by atoms with E-state index in [2.05, 4.69) is 5.32 Å². The number of thiophene rings is 1. The van der Waals surface area contributed by atoms with Gasteiger partial charge in [0.15, 0.2) is 0 Å². The van der Waals surface area contributed by atoms with Gasteiger partial charge in [-0.25, -0.2) is 8.42 Å². The van der Waals surface area contributed by atoms with Crippen molar-refractivity contribution in [2.24, 2.45) is 0 Å². The molecular weight excluding hydrogens is 344 g/mol. The van der Waals surface area contributed by atoms with E-state index in [4.69, 9.17) is 0 Å². The van der Waals surface area contributed by atoms with Crippen LogP contribution in [0.1, 0.15) is 34.6 Å². The lowest BCUT2D eigenvalue weighted by atomic mass is 10.1. The number of nitrogens with one attached hydrogen (secondary N) is 1. The van der Waals surface area contributed by atoms with Crippen LogP contribution in [0.4, 0.5) is 0 Å². The molecule has 1 aromatic heterocycles. The van der Waals surface area contributed by atoms with Crippen LogP contribution in [0.3, 0.4) is 0 Å². The van der Waals surface area contributed by atoms with Crippen LogP contribution < -0.4 is 5.32 Å². The Kier molecular flexibility index (Phi) is 6.15. The topological polar surface area (TPSA) is 66.5 Å². The lowest BCUT2D eigenvalue weighted by Gasteiger charge is -2.16. The number of rotatable bonds is 7. The molecule has 0 spiro atoms. The Hall–Kier alpha value is -1.70. The van der Waals surface area contributed by atoms with E-state index in [1.807, 2.05) is 32.9 Å². The Morgan fingerprint density at radius 3 is 2.29 bits per heavy atom. The van der Waals surface area contributed by atoms with Gasteiger partial charge in [-0.1, -0.05) is 31.5 Å². The molecule has 1 aromatic carbocycles. The summed E-state index contributed by atoms with van der Waals surface area (Å²) in [5, 5.41) is 2.82. The molecule has 0 aliphatic heterocycles. The van der Waals surface area contributed by atoms with Crippen molar-refractivity contribution >= 4 is 27.3 Å². The third-order valence-electron chi connectivity index (χ3n) is 3.67. The zero-order valence-corrected chi connectivity index (χ0v) is 15.7. The minimum absolute atomic E-state index is 0.170. The molecule has 130 valence electrons. The number of hydrogen-bond acceptors (Lipinski definition) is 4. The first-order valence-corrected chi connectivity index (χ1v) is 10.1. The number of carbonyl (C=O) groups excluding carboxylic acids is 1. The predicted molar refractivity (Wildman–Crippen MR) is 96.8 cm³/mol. The molecule has 0 saturated heterocycles. The molecule has 0 saturated carbocycles. The summed E-state index contributed by atoms with van der Waals surface area (Å²) in [6, 6.07) is 10.7. The third kappa shape index (κ3) is 4.23. The van der Waals surface area contributed by atoms with E-state index >= 15 is 0 Å². The normalized spacial score (nSPS) is 11.7. The minimum atomic E-state index is -3.44. The number of hydrogen-bond donors (Lipinski definition) is 1. The summed E-state index contributed by atoms with van der Waals surface area (Å²) in [5.41, 5.74) is 1.68. The summed E-state index contributed by atoms with van der Waals surface area (Å²) < 4.78 is 26.6. The van der Waals surface area contributed by atoms with Crippen LogP contribution >= 0.6 is 11.3 Å². The molecule has 24 heavy (non-hydrogen) atoms. The molecular formula is C17H22N2O3S2. The van der Waals surface area contributed by atoms with Crippen molar-refractivity contribution in [3.05, 3.63) is 52.4 Å². The fourth-order valence-electron chi connectivity index (χ4n) is 2.26. The predicted octanol–water partition coefficient (Wildman–Crippen LogP) is 3.02. The average Bonchev–Trinajstić information content (AvgIpc) is 3.04. The van der Waals surface area contributed by atoms with Crippen LogP contribution in [0.5, 0.6) is 0 Å². The summed E-state index contributed by atoms with van der Waals surface area (Å²) >= 11 is 1.19. The molecule has 5 nitrogen and oxygen atoms in total. The summed E-state index contributed by atoms with van der Waals surface area (Å²) in [6.45, 7) is 6.79. The first kappa shape index (κ1) is 18.6. The van der Waals surface area contributed by atoms with E-state index in [-0.39, 0.29) is 5.91 Å². The van der Waals surface area contributed by atoms with Gasteiger partial charge in [0.1, 0.15) is 4.21 Å². The molecule has 7 heteroatoms. The minimum Gasteiger partial charge on any atom is -0.347 e. The highest BCUT2D eigenvalue weighted by atomic mass is 32.2. The second kappa shape index (κ2) is 7.92. The number of aryl methyl sites for hydroxylation is 1. The van der Waals surface area contributed by atoms with E-state index in [9.17, 15) is 13.2 Å². The summed E-state index contributed by atoms with van der Waals surface area (Å²) in [7, 11) is -3.44. The lowest BCUT2D eigenvalue weighted by molar-refractivity contribution is 0.0951. The van der Waals surface area contributed by atoms with Gasteiger partial charge < -0.3 is 5.32 Å². The summed E-state index contributed by atoms with van der Waals surface area (Å²) in [6.07, 6.45) is 0. The summed E-state index contributed by atoms with van der Waals surface area (Å²) in [4.78, 5) is 12.9. The van der Waals surface area contributed by atoms with E-state index in [1.165, 1.54) is 15.6 Å². The standard InChI is InChI=1S/C17H22N2O3S2/c1-4-19(5-2)24(21,22)16-11-10-15(23-16)12-18-17(20)14-8-6-13(3)7-9-14/h6-11H,4-5,12H2,1-3H3,(H,18,20). The van der Waals surface area contributed by atoms with Crippen LogP contribution in [-0.4, -0.2) is 31.7 Å². The Labute approximate surface area is 147 Å². The molecule has 2 rings (SSSR count). The maximum atomic E-state index is 12.4. The first-order valence-electron chi connectivity index (χ1n) is 7.82. The molecule has 0 unspecified atom stereocenters. The summed E-state index contributed by atoms with van der Waals surface area (Å²) in [5.74, 6) is -0.170. The highest BCUT2D eigenvalue weighted by molar-refractivity contribution is 7.91. The molecule has 0 fully saturated rings. The Morgan fingerprint density at radius 1 is 1.08 bits per heavy atom. The van der Waals surface area contributed by atoms with Crippen molar-refractivity contribution in [2.45, 2.75) is 31.5 Å². The smallest absolute Gasteiger partial charge is 0.252 e. The largest absolute Gasteiger partial charge is 0.347 e. The van der Waals surface area contributed by atoms with Gasteiger partial charge in [0.2, 0.25) is 0 Å². The second-order valence-corrected chi connectivity index (χ2v) is 8.69. The van der Waals surface area contributed by atoms with Crippen molar-refractivity contribution in [2.75, 3.05) is 13.1 Å². The molecule has 2 aromatic rings. The molecule has 1 N–H and O–H groups in total. The fourth-order valence-corrected chi connectivity index (χ4v) is 5.16. The van der Waals surface area contributed by atoms with Crippen molar-refractivity contribution in [1.82, 2.24) is 9.62 Å². The van der Waals surface area contributed by atoms with Gasteiger partial charge in [-0.05, 0) is 31.2 Å². The highest BCUT2D eigenvalue weighted by Gasteiger charge is 2.23. The molecule has 1 heterocycles. The maximum absolute atomic E-state index is 12.4. The van der Waals surface area contributed by atoms with Crippen molar-refractivity contribution in [1.29, 1.82) is 0 Å². The van der Waals surface area contributed by atoms with Gasteiger partial charge in [-0.3, -0.25) is 4.79 Å². The highest BCUT2D eigenvalue weighted by Crippen LogP contribution is 2.24. The number of benzene rings is 1. The quantitative estimate of drug-likeness (QED) is 0.819. The van der Waals surface area contributed by atoms with Crippen LogP contribution in [-0.2, 0) is 16.6 Å². The molecule has 1 amide bonds. The Morgan fingerprint density at radius 2 is 1.71 bits per heavy atom. The number of amides is 1. The molecule has 0 aliphatic rings. The monoisotopic (exact) mass is 366 g/mol. The Bertz CT molecular complexity index is 791. The van der Waals surface area contributed by atoms with Gasteiger partial charge in [-0.2, -0.15) is 4.31 Å². The van der Waals surface area contributed by atoms with E-state index in [0.717, 1.165) is 10.4 Å². The molecule has 0 radical (unpaired) electrons. The van der Waals surface area contributed by atoms with Crippen LogP contribution in [0.2, 0.25) is 0 Å². The van der Waals surface area contributed by atoms with Crippen LogP contribution in [0.15, 0.2) is 40.6 Å². The zero-order chi connectivity index (χ0) is 17.7. The van der Waals surface area contributed by atoms with Gasteiger partial charge in [0, 0.05) is 23.5 Å². The molecule has 0 atom stereocenters. The van der Waals surface area contributed by atoms with Gasteiger partial charge in [0.25, 0.3) is 15.9 Å². The molecule has 0 bridgehead atoms.